The van der Waals surface area contributed by atoms with Crippen LogP contribution < -0.4 is 0 Å². The number of rotatable bonds is 9. The van der Waals surface area contributed by atoms with Crippen molar-refractivity contribution in [3.8, 4) is 0 Å². The third-order valence-corrected chi connectivity index (χ3v) is 9.18. The minimum Gasteiger partial charge on any atom is -0.479 e. The van der Waals surface area contributed by atoms with Gasteiger partial charge in [-0.05, 0) is 49.8 Å². The number of carboxylic acids is 1. The van der Waals surface area contributed by atoms with E-state index in [4.69, 9.17) is 9.47 Å². The zero-order valence-electron chi connectivity index (χ0n) is 21.9. The van der Waals surface area contributed by atoms with Gasteiger partial charge in [-0.15, -0.1) is 0 Å². The molecule has 2 saturated carbocycles. The van der Waals surface area contributed by atoms with Crippen LogP contribution in [0.5, 0.6) is 0 Å². The van der Waals surface area contributed by atoms with Crippen LogP contribution in [-0.4, -0.2) is 74.5 Å². The fraction of sp³-hybridized carbons (Fsp3) is 0.643. The van der Waals surface area contributed by atoms with E-state index in [-0.39, 0.29) is 36.0 Å². The molecular weight excluding hydrogens is 478 g/mol. The Labute approximate surface area is 217 Å². The summed E-state index contributed by atoms with van der Waals surface area (Å²) in [5.74, 6) is -3.91. The highest BCUT2D eigenvalue weighted by Gasteiger charge is 2.70. The number of hydrogen-bond donors (Lipinski definition) is 5. The van der Waals surface area contributed by atoms with Crippen LogP contribution in [0.2, 0.25) is 0 Å². The second kappa shape index (κ2) is 10.4. The number of carbonyl (C=O) groups is 2. The molecular formula is C28H39NO8. The molecule has 37 heavy (non-hydrogen) atoms. The molecule has 204 valence electrons. The van der Waals surface area contributed by atoms with E-state index in [0.717, 1.165) is 0 Å². The Bertz CT molecular complexity index is 1050. The van der Waals surface area contributed by atoms with E-state index >= 15 is 0 Å². The molecule has 3 aliphatic rings. The topological polar surface area (TPSA) is 149 Å². The van der Waals surface area contributed by atoms with E-state index in [9.17, 15) is 30.0 Å². The van der Waals surface area contributed by atoms with Gasteiger partial charge in [0.25, 0.3) is 0 Å². The predicted molar refractivity (Wildman–Crippen MR) is 134 cm³/mol. The van der Waals surface area contributed by atoms with Gasteiger partial charge >= 0.3 is 11.9 Å². The van der Waals surface area contributed by atoms with Gasteiger partial charge in [0, 0.05) is 42.9 Å². The highest BCUT2D eigenvalue weighted by molar-refractivity contribution is 5.87. The van der Waals surface area contributed by atoms with E-state index in [1.165, 1.54) is 7.11 Å². The zero-order valence-corrected chi connectivity index (χ0v) is 21.9. The monoisotopic (exact) mass is 517 g/mol. The number of carbonyl (C=O) groups excluding carboxylic acids is 1. The van der Waals surface area contributed by atoms with Crippen molar-refractivity contribution in [1.82, 2.24) is 4.98 Å². The molecule has 9 nitrogen and oxygen atoms in total. The second-order valence-corrected chi connectivity index (χ2v) is 11.1. The lowest BCUT2D eigenvalue weighted by Gasteiger charge is -2.61. The minimum absolute atomic E-state index is 0.0462. The number of esters is 1. The summed E-state index contributed by atoms with van der Waals surface area (Å²) in [4.78, 5) is 27.4. The molecule has 0 amide bonds. The Hall–Kier alpha value is -2.46. The highest BCUT2D eigenvalue weighted by atomic mass is 16.5. The van der Waals surface area contributed by atoms with Gasteiger partial charge in [-0.3, -0.25) is 0 Å². The summed E-state index contributed by atoms with van der Waals surface area (Å²) in [6.45, 7) is 7.18. The lowest BCUT2D eigenvalue weighted by atomic mass is 9.46. The molecule has 0 radical (unpaired) electrons. The van der Waals surface area contributed by atoms with Gasteiger partial charge < -0.3 is 34.9 Å². The Morgan fingerprint density at radius 3 is 2.51 bits per heavy atom. The van der Waals surface area contributed by atoms with Crippen LogP contribution in [0.1, 0.15) is 44.6 Å². The predicted octanol–water partition coefficient (Wildman–Crippen LogP) is 2.40. The average molecular weight is 518 g/mol. The third kappa shape index (κ3) is 4.56. The van der Waals surface area contributed by atoms with Gasteiger partial charge in [0.2, 0.25) is 0 Å². The number of allylic oxidation sites excluding steroid dienone is 1. The molecule has 0 spiro atoms. The molecule has 0 aliphatic heterocycles. The van der Waals surface area contributed by atoms with Crippen molar-refractivity contribution in [2.24, 2.45) is 41.4 Å². The van der Waals surface area contributed by atoms with Gasteiger partial charge in [-0.2, -0.15) is 0 Å². The first-order valence-electron chi connectivity index (χ1n) is 13.0. The van der Waals surface area contributed by atoms with E-state index in [0.29, 0.717) is 11.3 Å². The van der Waals surface area contributed by atoms with E-state index in [2.05, 4.69) is 4.98 Å². The lowest BCUT2D eigenvalue weighted by molar-refractivity contribution is -0.179. The first kappa shape index (κ1) is 27.6. The van der Waals surface area contributed by atoms with Crippen molar-refractivity contribution in [2.45, 2.75) is 64.1 Å². The maximum absolute atomic E-state index is 12.7. The molecule has 1 heterocycles. The summed E-state index contributed by atoms with van der Waals surface area (Å²) in [5, 5.41) is 43.5. The molecule has 12 atom stereocenters. The lowest BCUT2D eigenvalue weighted by Crippen LogP contribution is -2.65. The summed E-state index contributed by atoms with van der Waals surface area (Å²) in [6, 6.07) is 3.35. The summed E-state index contributed by atoms with van der Waals surface area (Å²) in [7, 11) is 1.33. The number of aromatic nitrogens is 1. The normalized spacial score (nSPS) is 39.2. The van der Waals surface area contributed by atoms with Crippen molar-refractivity contribution in [1.29, 1.82) is 0 Å². The van der Waals surface area contributed by atoms with Crippen LogP contribution in [-0.2, 0) is 14.3 Å². The van der Waals surface area contributed by atoms with E-state index in [1.807, 2.05) is 32.1 Å². The largest absolute Gasteiger partial charge is 0.479 e. The molecule has 9 heteroatoms. The highest BCUT2D eigenvalue weighted by Crippen LogP contribution is 2.66. The quantitative estimate of drug-likeness (QED) is 0.248. The van der Waals surface area contributed by atoms with Gasteiger partial charge in [0.05, 0.1) is 17.8 Å². The standard InChI is InChI=1S/C28H39NO8/c1-13(16(4)30)11-14(2)28(35)17(12-20(36-5)26(32)33)8-9-18-21-22(23(18)28)24(31)15(3)25(21)37-27(34)19-7-6-10-29-19/h6-11,13,15-18,20-25,29-31,35H,12H2,1-5H3,(H,32,33)/b14-11+/t13-,15-,16?,17-,18+,20+,21+,22?,23+,24-,25-,28+/m1/s1. The van der Waals surface area contributed by atoms with Crippen molar-refractivity contribution in [3.05, 3.63) is 47.8 Å². The summed E-state index contributed by atoms with van der Waals surface area (Å²) in [6.07, 6.45) is 4.24. The van der Waals surface area contributed by atoms with Crippen molar-refractivity contribution < 1.29 is 39.5 Å². The van der Waals surface area contributed by atoms with Gasteiger partial charge in [0.1, 0.15) is 11.8 Å². The zero-order chi connectivity index (χ0) is 27.2. The third-order valence-electron chi connectivity index (χ3n) is 9.18. The average Bonchev–Trinajstić information content (AvgIpc) is 3.43. The SMILES string of the molecule is CO[C@@H](C[C@H]1C=C[C@H]2[C@H]3C([C@H]2[C@]1(O)/C(C)=C/[C@@H](C)C(C)O)[C@H](O)[C@@H](C)[C@H]3OC(=O)c1ccc[nH]1)C(=O)O. The summed E-state index contributed by atoms with van der Waals surface area (Å²) in [5.41, 5.74) is -0.521. The molecule has 2 fully saturated rings. The van der Waals surface area contributed by atoms with E-state index < -0.39 is 53.8 Å². The Balaban J connectivity index is 1.70. The maximum atomic E-state index is 12.7. The fourth-order valence-corrected chi connectivity index (χ4v) is 6.95. The van der Waals surface area contributed by atoms with Crippen LogP contribution in [0.25, 0.3) is 0 Å². The fourth-order valence-electron chi connectivity index (χ4n) is 6.95. The van der Waals surface area contributed by atoms with Gasteiger partial charge in [-0.25, -0.2) is 9.59 Å². The molecule has 4 rings (SSSR count). The maximum Gasteiger partial charge on any atom is 0.355 e. The van der Waals surface area contributed by atoms with Gasteiger partial charge in [-0.1, -0.05) is 32.1 Å². The van der Waals surface area contributed by atoms with Crippen LogP contribution in [0, 0.1) is 41.4 Å². The Morgan fingerprint density at radius 1 is 1.24 bits per heavy atom. The minimum atomic E-state index is -1.48. The number of aliphatic hydroxyl groups excluding tert-OH is 2. The molecule has 5 N–H and O–H groups in total. The number of methoxy groups -OCH3 is 1. The summed E-state index contributed by atoms with van der Waals surface area (Å²) < 4.78 is 11.1. The van der Waals surface area contributed by atoms with E-state index in [1.54, 1.807) is 32.2 Å². The number of aromatic amines is 1. The van der Waals surface area contributed by atoms with Crippen LogP contribution in [0.3, 0.4) is 0 Å². The Morgan fingerprint density at radius 2 is 1.95 bits per heavy atom. The molecule has 1 aromatic rings. The molecule has 0 aromatic carbocycles. The van der Waals surface area contributed by atoms with Gasteiger partial charge in [0.15, 0.2) is 6.10 Å². The van der Waals surface area contributed by atoms with Crippen molar-refractivity contribution >= 4 is 11.9 Å². The second-order valence-electron chi connectivity index (χ2n) is 11.1. The smallest absolute Gasteiger partial charge is 0.355 e. The molecule has 1 aromatic heterocycles. The van der Waals surface area contributed by atoms with Crippen LogP contribution in [0.15, 0.2) is 42.1 Å². The molecule has 0 bridgehead atoms. The number of nitrogens with one attached hydrogen (secondary N) is 1. The number of fused-ring (bicyclic) bond motifs is 4. The van der Waals surface area contributed by atoms with Crippen LogP contribution >= 0.6 is 0 Å². The number of aliphatic carboxylic acids is 1. The molecule has 2 unspecified atom stereocenters. The van der Waals surface area contributed by atoms with Crippen molar-refractivity contribution in [2.75, 3.05) is 7.11 Å². The summed E-state index contributed by atoms with van der Waals surface area (Å²) >= 11 is 0. The number of carboxylic acid groups (broad SMARTS) is 1. The first-order chi connectivity index (χ1) is 17.4. The number of ether oxygens (including phenoxy) is 2. The van der Waals surface area contributed by atoms with Crippen molar-refractivity contribution in [3.63, 3.8) is 0 Å². The van der Waals surface area contributed by atoms with Crippen LogP contribution in [0.4, 0.5) is 0 Å². The Kier molecular flexibility index (Phi) is 7.72. The number of hydrogen-bond acceptors (Lipinski definition) is 7. The number of H-pyrrole nitrogens is 1. The molecule has 3 aliphatic carbocycles. The molecule has 0 saturated heterocycles. The first-order valence-corrected chi connectivity index (χ1v) is 13.0. The number of aliphatic hydroxyl groups is 3.